The lowest BCUT2D eigenvalue weighted by atomic mass is 9.68. The monoisotopic (exact) mass is 490 g/mol. The SMILES string of the molecule is CCCCCCCCOc1ccc(C2CCC(C3CCC(CCCCCC)CC3)CC2)c(F)c1F. The number of halogens is 2. The molecule has 1 nitrogen and oxygen atoms in total. The molecular formula is C32H52F2O. The minimum absolute atomic E-state index is 0.0833. The lowest BCUT2D eigenvalue weighted by Crippen LogP contribution is -2.25. The Kier molecular flexibility index (Phi) is 12.9. The fourth-order valence-electron chi connectivity index (χ4n) is 6.75. The van der Waals surface area contributed by atoms with Crippen molar-refractivity contribution in [1.82, 2.24) is 0 Å². The van der Waals surface area contributed by atoms with Gasteiger partial charge in [0, 0.05) is 0 Å². The van der Waals surface area contributed by atoms with E-state index in [1.54, 1.807) is 12.1 Å². The molecule has 2 saturated carbocycles. The van der Waals surface area contributed by atoms with Crippen LogP contribution in [0.15, 0.2) is 12.1 Å². The minimum atomic E-state index is -0.784. The standard InChI is InChI=1S/C32H52F2O/c1-3-5-7-9-10-12-24-35-30-23-22-29(31(33)32(30)34)28-20-18-27(19-21-28)26-16-14-25(15-17-26)13-11-8-6-4-2/h22-23,25-28H,3-21,24H2,1-2H3. The molecule has 0 spiro atoms. The molecule has 35 heavy (non-hydrogen) atoms. The van der Waals surface area contributed by atoms with Gasteiger partial charge in [0.15, 0.2) is 11.6 Å². The van der Waals surface area contributed by atoms with Crippen LogP contribution >= 0.6 is 0 Å². The van der Waals surface area contributed by atoms with Gasteiger partial charge in [-0.1, -0.05) is 97.0 Å². The number of hydrogen-bond acceptors (Lipinski definition) is 1. The van der Waals surface area contributed by atoms with Gasteiger partial charge in [-0.2, -0.15) is 4.39 Å². The molecule has 0 N–H and O–H groups in total. The molecule has 2 aliphatic carbocycles. The third-order valence-corrected chi connectivity index (χ3v) is 9.07. The van der Waals surface area contributed by atoms with Crippen molar-refractivity contribution in [1.29, 1.82) is 0 Å². The average Bonchev–Trinajstić information content (AvgIpc) is 2.89. The van der Waals surface area contributed by atoms with Crippen molar-refractivity contribution in [2.24, 2.45) is 17.8 Å². The van der Waals surface area contributed by atoms with E-state index in [0.717, 1.165) is 43.4 Å². The van der Waals surface area contributed by atoms with E-state index >= 15 is 0 Å². The summed E-state index contributed by atoms with van der Waals surface area (Å²) in [4.78, 5) is 0. The zero-order valence-electron chi connectivity index (χ0n) is 22.8. The summed E-state index contributed by atoms with van der Waals surface area (Å²) in [6.07, 6.45) is 23.8. The van der Waals surface area contributed by atoms with E-state index in [4.69, 9.17) is 4.74 Å². The molecular weight excluding hydrogens is 438 g/mol. The molecule has 0 unspecified atom stereocenters. The maximum Gasteiger partial charge on any atom is 0.200 e. The second kappa shape index (κ2) is 15.9. The summed E-state index contributed by atoms with van der Waals surface area (Å²) in [5, 5.41) is 0. The molecule has 0 saturated heterocycles. The van der Waals surface area contributed by atoms with Crippen molar-refractivity contribution in [2.75, 3.05) is 6.61 Å². The molecule has 2 fully saturated rings. The average molecular weight is 491 g/mol. The van der Waals surface area contributed by atoms with E-state index in [-0.39, 0.29) is 11.7 Å². The normalized spacial score (nSPS) is 25.0. The fourth-order valence-corrected chi connectivity index (χ4v) is 6.75. The van der Waals surface area contributed by atoms with E-state index < -0.39 is 11.6 Å². The van der Waals surface area contributed by atoms with Crippen LogP contribution in [0.5, 0.6) is 5.75 Å². The van der Waals surface area contributed by atoms with Crippen molar-refractivity contribution >= 4 is 0 Å². The van der Waals surface area contributed by atoms with E-state index in [9.17, 15) is 8.78 Å². The number of rotatable bonds is 15. The zero-order valence-corrected chi connectivity index (χ0v) is 22.8. The molecule has 0 atom stereocenters. The van der Waals surface area contributed by atoms with Gasteiger partial charge < -0.3 is 4.74 Å². The Morgan fingerprint density at radius 2 is 1.23 bits per heavy atom. The lowest BCUT2D eigenvalue weighted by Gasteiger charge is -2.38. The summed E-state index contributed by atoms with van der Waals surface area (Å²) in [5.41, 5.74) is 0.573. The van der Waals surface area contributed by atoms with Crippen molar-refractivity contribution in [3.8, 4) is 5.75 Å². The smallest absolute Gasteiger partial charge is 0.200 e. The van der Waals surface area contributed by atoms with Gasteiger partial charge in [-0.3, -0.25) is 0 Å². The Morgan fingerprint density at radius 3 is 1.89 bits per heavy atom. The molecule has 0 aliphatic heterocycles. The Bertz CT molecular complexity index is 702. The van der Waals surface area contributed by atoms with E-state index in [0.29, 0.717) is 12.2 Å². The van der Waals surface area contributed by atoms with Crippen molar-refractivity contribution in [2.45, 2.75) is 142 Å². The maximum atomic E-state index is 15.0. The Hall–Kier alpha value is -1.12. The van der Waals surface area contributed by atoms with Crippen LogP contribution in [0.2, 0.25) is 0 Å². The summed E-state index contributed by atoms with van der Waals surface area (Å²) in [5.74, 6) is 1.40. The number of unbranched alkanes of at least 4 members (excludes halogenated alkanes) is 8. The molecule has 1 aromatic carbocycles. The molecule has 200 valence electrons. The number of ether oxygens (including phenoxy) is 1. The van der Waals surface area contributed by atoms with Gasteiger partial charge in [0.25, 0.3) is 0 Å². The van der Waals surface area contributed by atoms with Crippen LogP contribution in [-0.4, -0.2) is 6.61 Å². The number of hydrogen-bond donors (Lipinski definition) is 0. The minimum Gasteiger partial charge on any atom is -0.490 e. The molecule has 0 bridgehead atoms. The predicted octanol–water partition coefficient (Wildman–Crippen LogP) is 10.8. The van der Waals surface area contributed by atoms with Gasteiger partial charge >= 0.3 is 0 Å². The van der Waals surface area contributed by atoms with Gasteiger partial charge in [-0.15, -0.1) is 0 Å². The third kappa shape index (κ3) is 9.04. The van der Waals surface area contributed by atoms with E-state index in [1.807, 2.05) is 0 Å². The highest BCUT2D eigenvalue weighted by molar-refractivity contribution is 5.33. The van der Waals surface area contributed by atoms with E-state index in [1.165, 1.54) is 96.3 Å². The Morgan fingerprint density at radius 1 is 0.657 bits per heavy atom. The van der Waals surface area contributed by atoms with Gasteiger partial charge in [-0.25, -0.2) is 4.39 Å². The van der Waals surface area contributed by atoms with Crippen LogP contribution in [0.4, 0.5) is 8.78 Å². The third-order valence-electron chi connectivity index (χ3n) is 9.07. The summed E-state index contributed by atoms with van der Waals surface area (Å²) in [6, 6.07) is 3.46. The van der Waals surface area contributed by atoms with Crippen LogP contribution in [-0.2, 0) is 0 Å². The van der Waals surface area contributed by atoms with Crippen LogP contribution in [0.25, 0.3) is 0 Å². The zero-order chi connectivity index (χ0) is 24.9. The predicted molar refractivity (Wildman–Crippen MR) is 144 cm³/mol. The first-order valence-electron chi connectivity index (χ1n) is 15.2. The maximum absolute atomic E-state index is 15.0. The van der Waals surface area contributed by atoms with Crippen molar-refractivity contribution in [3.63, 3.8) is 0 Å². The van der Waals surface area contributed by atoms with Crippen LogP contribution in [0.1, 0.15) is 147 Å². The molecule has 0 amide bonds. The van der Waals surface area contributed by atoms with Crippen LogP contribution in [0.3, 0.4) is 0 Å². The quantitative estimate of drug-likeness (QED) is 0.222. The second-order valence-corrected chi connectivity index (χ2v) is 11.6. The highest BCUT2D eigenvalue weighted by Gasteiger charge is 2.32. The molecule has 0 radical (unpaired) electrons. The highest BCUT2D eigenvalue weighted by Crippen LogP contribution is 2.45. The van der Waals surface area contributed by atoms with Gasteiger partial charge in [0.05, 0.1) is 6.61 Å². The first-order valence-corrected chi connectivity index (χ1v) is 15.2. The summed E-state index contributed by atoms with van der Waals surface area (Å²) < 4.78 is 35.3. The lowest BCUT2D eigenvalue weighted by molar-refractivity contribution is 0.155. The van der Waals surface area contributed by atoms with Gasteiger partial charge in [0.1, 0.15) is 0 Å². The van der Waals surface area contributed by atoms with Crippen molar-refractivity contribution < 1.29 is 13.5 Å². The highest BCUT2D eigenvalue weighted by atomic mass is 19.2. The fraction of sp³-hybridized carbons (Fsp3) is 0.812. The molecule has 0 heterocycles. The molecule has 1 aromatic rings. The molecule has 3 heteroatoms. The second-order valence-electron chi connectivity index (χ2n) is 11.6. The Labute approximate surface area is 214 Å². The topological polar surface area (TPSA) is 9.23 Å². The molecule has 0 aromatic heterocycles. The number of benzene rings is 1. The molecule has 2 aliphatic rings. The van der Waals surface area contributed by atoms with Gasteiger partial charge in [0.2, 0.25) is 5.82 Å². The first kappa shape index (κ1) is 28.5. The van der Waals surface area contributed by atoms with Crippen LogP contribution in [0, 0.1) is 29.4 Å². The Balaban J connectivity index is 1.39. The first-order chi connectivity index (χ1) is 17.1. The molecule has 3 rings (SSSR count). The summed E-state index contributed by atoms with van der Waals surface area (Å²) in [6.45, 7) is 4.96. The van der Waals surface area contributed by atoms with Crippen LogP contribution < -0.4 is 4.74 Å². The summed E-state index contributed by atoms with van der Waals surface area (Å²) in [7, 11) is 0. The summed E-state index contributed by atoms with van der Waals surface area (Å²) >= 11 is 0. The van der Waals surface area contributed by atoms with Crippen molar-refractivity contribution in [3.05, 3.63) is 29.3 Å². The largest absolute Gasteiger partial charge is 0.490 e. The van der Waals surface area contributed by atoms with Gasteiger partial charge in [-0.05, 0) is 80.2 Å². The van der Waals surface area contributed by atoms with E-state index in [2.05, 4.69) is 13.8 Å².